The van der Waals surface area contributed by atoms with Crippen molar-refractivity contribution in [1.29, 1.82) is 10.5 Å². The Hall–Kier alpha value is -4.64. The van der Waals surface area contributed by atoms with Crippen LogP contribution in [0.25, 0.3) is 10.8 Å². The maximum atomic E-state index is 12.6. The SMILES string of the molecule is C=CC(=O)N1CCN(c2c(C#N)c(OCCCN3CC4OC[C@@H]43)nc3c2CCN(c2cccc4cccc(C)c24)C3)C[C@@H]1CC#N. The van der Waals surface area contributed by atoms with Gasteiger partial charge in [0, 0.05) is 55.9 Å². The third-order valence-electron chi connectivity index (χ3n) is 10.0. The number of fused-ring (bicyclic) bond motifs is 3. The van der Waals surface area contributed by atoms with Gasteiger partial charge in [0.25, 0.3) is 0 Å². The molecule has 3 saturated heterocycles. The van der Waals surface area contributed by atoms with Gasteiger partial charge in [0.2, 0.25) is 11.8 Å². The van der Waals surface area contributed by atoms with Crippen molar-refractivity contribution >= 4 is 28.1 Å². The van der Waals surface area contributed by atoms with E-state index in [4.69, 9.17) is 14.5 Å². The third kappa shape index (κ3) is 5.32. The Kier molecular flexibility index (Phi) is 8.25. The normalized spacial score (nSPS) is 22.2. The fraction of sp³-hybridized carbons (Fsp3) is 0.444. The molecule has 4 aliphatic rings. The second-order valence-electron chi connectivity index (χ2n) is 12.6. The van der Waals surface area contributed by atoms with E-state index in [1.165, 1.54) is 28.1 Å². The predicted molar refractivity (Wildman–Crippen MR) is 176 cm³/mol. The summed E-state index contributed by atoms with van der Waals surface area (Å²) in [6.45, 7) is 11.8. The van der Waals surface area contributed by atoms with Gasteiger partial charge in [0.05, 0.1) is 61.8 Å². The molecule has 1 amide bonds. The van der Waals surface area contributed by atoms with Gasteiger partial charge in [-0.25, -0.2) is 4.98 Å². The average molecular weight is 618 g/mol. The molecule has 46 heavy (non-hydrogen) atoms. The van der Waals surface area contributed by atoms with Crippen LogP contribution in [0, 0.1) is 29.6 Å². The zero-order chi connectivity index (χ0) is 31.8. The van der Waals surface area contributed by atoms with E-state index in [0.29, 0.717) is 62.8 Å². The van der Waals surface area contributed by atoms with E-state index in [9.17, 15) is 15.3 Å². The lowest BCUT2D eigenvalue weighted by Crippen LogP contribution is -2.70. The fourth-order valence-corrected chi connectivity index (χ4v) is 7.57. The van der Waals surface area contributed by atoms with E-state index >= 15 is 0 Å². The summed E-state index contributed by atoms with van der Waals surface area (Å²) in [5, 5.41) is 22.6. The van der Waals surface area contributed by atoms with Gasteiger partial charge in [-0.2, -0.15) is 10.5 Å². The van der Waals surface area contributed by atoms with Crippen LogP contribution in [0.1, 0.15) is 35.2 Å². The number of amides is 1. The smallest absolute Gasteiger partial charge is 0.246 e. The summed E-state index contributed by atoms with van der Waals surface area (Å²) < 4.78 is 11.9. The molecular formula is C36H39N7O3. The Labute approximate surface area is 270 Å². The topological polar surface area (TPSA) is 109 Å². The number of rotatable bonds is 9. The van der Waals surface area contributed by atoms with Crippen molar-refractivity contribution in [2.75, 3.05) is 62.3 Å². The number of morpholine rings is 1. The van der Waals surface area contributed by atoms with Crippen LogP contribution < -0.4 is 14.5 Å². The number of hydrogen-bond acceptors (Lipinski definition) is 9. The minimum atomic E-state index is -0.307. The molecule has 236 valence electrons. The van der Waals surface area contributed by atoms with Gasteiger partial charge in [-0.1, -0.05) is 36.9 Å². The van der Waals surface area contributed by atoms with E-state index in [0.717, 1.165) is 49.6 Å². The summed E-state index contributed by atoms with van der Waals surface area (Å²) in [5.41, 5.74) is 5.63. The van der Waals surface area contributed by atoms with Crippen molar-refractivity contribution in [3.05, 3.63) is 71.4 Å². The Morgan fingerprint density at radius 3 is 2.72 bits per heavy atom. The summed E-state index contributed by atoms with van der Waals surface area (Å²) in [5.74, 6) is 0.186. The lowest BCUT2D eigenvalue weighted by Gasteiger charge is -2.55. The molecule has 0 spiro atoms. The number of nitrogens with zero attached hydrogens (tertiary/aromatic N) is 7. The Bertz CT molecular complexity index is 1760. The highest BCUT2D eigenvalue weighted by atomic mass is 16.5. The fourth-order valence-electron chi connectivity index (χ4n) is 7.57. The summed E-state index contributed by atoms with van der Waals surface area (Å²) >= 11 is 0. The van der Waals surface area contributed by atoms with Crippen LogP contribution in [0.5, 0.6) is 5.88 Å². The highest BCUT2D eigenvalue weighted by Gasteiger charge is 2.46. The molecule has 2 aromatic carbocycles. The summed E-state index contributed by atoms with van der Waals surface area (Å²) in [4.78, 5) is 26.4. The number of nitriles is 2. The van der Waals surface area contributed by atoms with E-state index in [1.54, 1.807) is 4.90 Å². The number of likely N-dealkylation sites (tertiary alicyclic amines) is 1. The number of pyridine rings is 1. The highest BCUT2D eigenvalue weighted by Crippen LogP contribution is 2.40. The molecule has 4 aliphatic heterocycles. The van der Waals surface area contributed by atoms with Gasteiger partial charge in [-0.3, -0.25) is 9.69 Å². The molecule has 1 aromatic heterocycles. The van der Waals surface area contributed by atoms with Crippen molar-refractivity contribution < 1.29 is 14.3 Å². The standard InChI is InChI=1S/C36H39N7O3/c1-3-33(44)43-17-16-42(20-26(43)11-13-37)35-27-12-15-41(30-10-5-9-25-8-4-7-24(2)34(25)30)21-29(27)39-36(28(35)19-38)45-18-6-14-40-22-32-31(40)23-46-32/h3-5,7-10,26,31-32H,1,6,11-12,14-18,20-23H2,2H3/t26-,31-,32?/m0/s1. The maximum absolute atomic E-state index is 12.6. The molecule has 0 bridgehead atoms. The Morgan fingerprint density at radius 2 is 2.00 bits per heavy atom. The molecule has 0 radical (unpaired) electrons. The first-order chi connectivity index (χ1) is 22.5. The predicted octanol–water partition coefficient (Wildman–Crippen LogP) is 3.95. The van der Waals surface area contributed by atoms with Crippen molar-refractivity contribution in [3.63, 3.8) is 0 Å². The quantitative estimate of drug-likeness (QED) is 0.261. The van der Waals surface area contributed by atoms with E-state index < -0.39 is 0 Å². The third-order valence-corrected chi connectivity index (χ3v) is 10.0. The zero-order valence-corrected chi connectivity index (χ0v) is 26.3. The molecule has 3 aromatic rings. The number of piperazine rings is 1. The highest BCUT2D eigenvalue weighted by molar-refractivity contribution is 5.97. The van der Waals surface area contributed by atoms with Crippen LogP contribution in [0.15, 0.2) is 49.1 Å². The van der Waals surface area contributed by atoms with Crippen LogP contribution in [0.3, 0.4) is 0 Å². The molecule has 0 aliphatic carbocycles. The molecule has 0 saturated carbocycles. The summed E-state index contributed by atoms with van der Waals surface area (Å²) in [6.07, 6.45) is 3.45. The van der Waals surface area contributed by atoms with Crippen molar-refractivity contribution in [1.82, 2.24) is 14.8 Å². The van der Waals surface area contributed by atoms with Crippen LogP contribution in [0.4, 0.5) is 11.4 Å². The maximum Gasteiger partial charge on any atom is 0.246 e. The van der Waals surface area contributed by atoms with Gasteiger partial charge in [-0.05, 0) is 42.9 Å². The molecule has 10 heteroatoms. The number of carbonyl (C=O) groups is 1. The van der Waals surface area contributed by atoms with E-state index in [2.05, 4.69) is 76.7 Å². The van der Waals surface area contributed by atoms with Gasteiger partial charge < -0.3 is 24.2 Å². The lowest BCUT2D eigenvalue weighted by molar-refractivity contribution is -0.214. The minimum Gasteiger partial charge on any atom is -0.477 e. The van der Waals surface area contributed by atoms with Gasteiger partial charge >= 0.3 is 0 Å². The number of aromatic nitrogens is 1. The minimum absolute atomic E-state index is 0.177. The zero-order valence-electron chi connectivity index (χ0n) is 26.3. The number of aryl methyl sites for hydroxylation is 1. The first kappa shape index (κ1) is 30.0. The van der Waals surface area contributed by atoms with Crippen molar-refractivity contribution in [3.8, 4) is 18.0 Å². The average Bonchev–Trinajstić information content (AvgIpc) is 3.07. The molecule has 5 heterocycles. The summed E-state index contributed by atoms with van der Waals surface area (Å²) in [7, 11) is 0. The van der Waals surface area contributed by atoms with E-state index in [1.807, 2.05) is 0 Å². The molecule has 3 fully saturated rings. The molecule has 7 rings (SSSR count). The van der Waals surface area contributed by atoms with E-state index in [-0.39, 0.29) is 18.4 Å². The first-order valence-corrected chi connectivity index (χ1v) is 16.2. The second kappa shape index (κ2) is 12.6. The molecule has 10 nitrogen and oxygen atoms in total. The number of anilines is 2. The lowest BCUT2D eigenvalue weighted by atomic mass is 9.95. The molecular weight excluding hydrogens is 578 g/mol. The summed E-state index contributed by atoms with van der Waals surface area (Å²) in [6, 6.07) is 17.8. The van der Waals surface area contributed by atoms with Crippen LogP contribution in [-0.2, 0) is 22.5 Å². The van der Waals surface area contributed by atoms with Gasteiger partial charge in [-0.15, -0.1) is 0 Å². The number of ether oxygens (including phenoxy) is 2. The van der Waals surface area contributed by atoms with Crippen molar-refractivity contribution in [2.45, 2.75) is 50.9 Å². The largest absolute Gasteiger partial charge is 0.477 e. The molecule has 1 unspecified atom stereocenters. The number of carbonyl (C=O) groups excluding carboxylic acids is 1. The van der Waals surface area contributed by atoms with Crippen molar-refractivity contribution in [2.24, 2.45) is 0 Å². The monoisotopic (exact) mass is 617 g/mol. The first-order valence-electron chi connectivity index (χ1n) is 16.2. The Morgan fingerprint density at radius 1 is 1.15 bits per heavy atom. The number of benzene rings is 2. The second-order valence-corrected chi connectivity index (χ2v) is 12.6. The number of hydrogen-bond donors (Lipinski definition) is 0. The molecule has 3 atom stereocenters. The molecule has 0 N–H and O–H groups in total. The van der Waals surface area contributed by atoms with Crippen LogP contribution in [0.2, 0.25) is 0 Å². The Balaban J connectivity index is 1.21. The van der Waals surface area contributed by atoms with Crippen LogP contribution >= 0.6 is 0 Å². The van der Waals surface area contributed by atoms with Gasteiger partial charge in [0.15, 0.2) is 0 Å². The van der Waals surface area contributed by atoms with Crippen LogP contribution in [-0.4, -0.2) is 91.4 Å². The van der Waals surface area contributed by atoms with Gasteiger partial charge in [0.1, 0.15) is 11.6 Å².